The van der Waals surface area contributed by atoms with Gasteiger partial charge in [0.1, 0.15) is 6.10 Å². The van der Waals surface area contributed by atoms with Crippen LogP contribution in [0, 0.1) is 5.92 Å². The maximum absolute atomic E-state index is 13.7. The molecule has 10 heteroatoms. The standard InChI is InChI=1S/C30H33N5O4S/c1-19-15-35(20(2)18-36)30(38)22-7-6-9-24(32-28(37)29-33-23-8-4-5-10-26(23)40-29)27(22)39-25(19)17-34(3)16-21-11-13-31-14-12-21/h4-14,19-20,25,36H,15-18H2,1-3H3,(H,32,37)/t19-,20+,25+/m1/s1. The lowest BCUT2D eigenvalue weighted by Crippen LogP contribution is -2.49. The SMILES string of the molecule is C[C@@H]1CN([C@@H](C)CO)C(=O)c2cccc(NC(=O)c3nc4ccccc4s3)c2O[C@H]1CN(C)Cc1ccncc1. The van der Waals surface area contributed by atoms with Crippen LogP contribution in [-0.4, -0.2) is 75.6 Å². The molecule has 4 aromatic rings. The number of pyridine rings is 1. The Morgan fingerprint density at radius 3 is 2.73 bits per heavy atom. The second-order valence-corrected chi connectivity index (χ2v) is 11.3. The van der Waals surface area contributed by atoms with Gasteiger partial charge in [-0.2, -0.15) is 0 Å². The number of nitrogens with zero attached hydrogens (tertiary/aromatic N) is 4. The van der Waals surface area contributed by atoms with E-state index in [1.54, 1.807) is 35.5 Å². The molecule has 2 N–H and O–H groups in total. The van der Waals surface area contributed by atoms with Crippen LogP contribution in [0.1, 0.15) is 39.6 Å². The average molecular weight is 560 g/mol. The number of carbonyl (C=O) groups excluding carboxylic acids is 2. The van der Waals surface area contributed by atoms with Crippen LogP contribution in [0.4, 0.5) is 5.69 Å². The molecule has 1 aliphatic heterocycles. The molecule has 0 saturated heterocycles. The van der Waals surface area contributed by atoms with E-state index in [2.05, 4.69) is 20.2 Å². The zero-order valence-corrected chi connectivity index (χ0v) is 23.6. The van der Waals surface area contributed by atoms with Gasteiger partial charge in [-0.25, -0.2) is 4.98 Å². The molecule has 5 rings (SSSR count). The summed E-state index contributed by atoms with van der Waals surface area (Å²) in [5, 5.41) is 13.2. The highest BCUT2D eigenvalue weighted by molar-refractivity contribution is 7.20. The number of para-hydroxylation sites is 2. The van der Waals surface area contributed by atoms with Crippen LogP contribution in [0.15, 0.2) is 67.0 Å². The van der Waals surface area contributed by atoms with Crippen molar-refractivity contribution in [3.8, 4) is 5.75 Å². The Morgan fingerprint density at radius 2 is 1.98 bits per heavy atom. The monoisotopic (exact) mass is 559 g/mol. The van der Waals surface area contributed by atoms with Crippen molar-refractivity contribution in [2.24, 2.45) is 5.92 Å². The van der Waals surface area contributed by atoms with Gasteiger partial charge in [0.25, 0.3) is 11.8 Å². The predicted octanol–water partition coefficient (Wildman–Crippen LogP) is 4.30. The summed E-state index contributed by atoms with van der Waals surface area (Å²) in [4.78, 5) is 39.5. The molecule has 0 saturated carbocycles. The lowest BCUT2D eigenvalue weighted by atomic mass is 9.99. The Morgan fingerprint density at radius 1 is 1.20 bits per heavy atom. The number of benzene rings is 2. The molecule has 1 aliphatic rings. The van der Waals surface area contributed by atoms with E-state index in [0.29, 0.717) is 41.6 Å². The summed E-state index contributed by atoms with van der Waals surface area (Å²) in [6, 6.07) is 16.3. The molecular formula is C30H33N5O4S. The van der Waals surface area contributed by atoms with E-state index in [0.717, 1.165) is 15.8 Å². The van der Waals surface area contributed by atoms with E-state index in [9.17, 15) is 14.7 Å². The molecule has 0 spiro atoms. The van der Waals surface area contributed by atoms with Gasteiger partial charge in [0.05, 0.1) is 34.1 Å². The molecule has 0 aliphatic carbocycles. The number of rotatable bonds is 8. The molecule has 2 aromatic carbocycles. The molecule has 2 aromatic heterocycles. The third kappa shape index (κ3) is 5.99. The van der Waals surface area contributed by atoms with E-state index in [4.69, 9.17) is 4.74 Å². The first-order valence-corrected chi connectivity index (χ1v) is 14.1. The van der Waals surface area contributed by atoms with Gasteiger partial charge in [-0.3, -0.25) is 19.5 Å². The van der Waals surface area contributed by atoms with Gasteiger partial charge < -0.3 is 20.1 Å². The van der Waals surface area contributed by atoms with E-state index < -0.39 is 0 Å². The van der Waals surface area contributed by atoms with E-state index in [1.165, 1.54) is 11.3 Å². The molecule has 0 unspecified atom stereocenters. The molecule has 2 amide bonds. The highest BCUT2D eigenvalue weighted by Crippen LogP contribution is 2.35. The smallest absolute Gasteiger partial charge is 0.284 e. The Kier molecular flexibility index (Phi) is 8.39. The fourth-order valence-corrected chi connectivity index (χ4v) is 5.74. The fourth-order valence-electron chi connectivity index (χ4n) is 4.88. The zero-order chi connectivity index (χ0) is 28.2. The van der Waals surface area contributed by atoms with Crippen molar-refractivity contribution in [2.45, 2.75) is 32.5 Å². The normalized spacial score (nSPS) is 18.1. The first-order chi connectivity index (χ1) is 19.3. The number of hydrogen-bond donors (Lipinski definition) is 2. The topological polar surface area (TPSA) is 108 Å². The number of nitrogens with one attached hydrogen (secondary N) is 1. The maximum Gasteiger partial charge on any atom is 0.284 e. The lowest BCUT2D eigenvalue weighted by molar-refractivity contribution is 0.0343. The first-order valence-electron chi connectivity index (χ1n) is 13.3. The largest absolute Gasteiger partial charge is 0.486 e. The van der Waals surface area contributed by atoms with E-state index in [1.807, 2.05) is 57.3 Å². The van der Waals surface area contributed by atoms with Crippen molar-refractivity contribution in [3.05, 3.63) is 83.1 Å². The Balaban J connectivity index is 1.47. The van der Waals surface area contributed by atoms with Gasteiger partial charge in [0, 0.05) is 37.9 Å². The summed E-state index contributed by atoms with van der Waals surface area (Å²) in [5.74, 6) is -0.347. The van der Waals surface area contributed by atoms with Crippen LogP contribution in [-0.2, 0) is 6.54 Å². The second kappa shape index (κ2) is 12.1. The number of aliphatic hydroxyl groups excluding tert-OH is 1. The predicted molar refractivity (Wildman–Crippen MR) is 156 cm³/mol. The second-order valence-electron chi connectivity index (χ2n) is 10.3. The van der Waals surface area contributed by atoms with Crippen LogP contribution in [0.2, 0.25) is 0 Å². The molecule has 3 atom stereocenters. The summed E-state index contributed by atoms with van der Waals surface area (Å²) >= 11 is 1.31. The van der Waals surface area contributed by atoms with Crippen molar-refractivity contribution < 1.29 is 19.4 Å². The van der Waals surface area contributed by atoms with Crippen molar-refractivity contribution in [1.29, 1.82) is 0 Å². The highest BCUT2D eigenvalue weighted by atomic mass is 32.1. The number of fused-ring (bicyclic) bond motifs is 2. The van der Waals surface area contributed by atoms with E-state index >= 15 is 0 Å². The molecule has 0 fully saturated rings. The number of aromatic nitrogens is 2. The van der Waals surface area contributed by atoms with Gasteiger partial charge in [-0.1, -0.05) is 25.1 Å². The number of thiazole rings is 1. The number of hydrogen-bond acceptors (Lipinski definition) is 8. The Labute approximate surface area is 237 Å². The maximum atomic E-state index is 13.7. The Bertz CT molecular complexity index is 1460. The number of anilines is 1. The van der Waals surface area contributed by atoms with Crippen LogP contribution < -0.4 is 10.1 Å². The minimum atomic E-state index is -0.378. The molecule has 208 valence electrons. The van der Waals surface area contributed by atoms with Gasteiger partial charge in [-0.05, 0) is 55.9 Å². The summed E-state index contributed by atoms with van der Waals surface area (Å²) in [7, 11) is 2.02. The van der Waals surface area contributed by atoms with Gasteiger partial charge in [-0.15, -0.1) is 11.3 Å². The van der Waals surface area contributed by atoms with Gasteiger partial charge in [0.2, 0.25) is 0 Å². The van der Waals surface area contributed by atoms with Gasteiger partial charge >= 0.3 is 0 Å². The van der Waals surface area contributed by atoms with Crippen molar-refractivity contribution in [3.63, 3.8) is 0 Å². The lowest BCUT2D eigenvalue weighted by Gasteiger charge is -2.38. The number of carbonyl (C=O) groups is 2. The number of likely N-dealkylation sites (N-methyl/N-ethyl adjacent to an activating group) is 1. The summed E-state index contributed by atoms with van der Waals surface area (Å²) in [5.41, 5.74) is 2.64. The number of aliphatic hydroxyl groups is 1. The molecule has 9 nitrogen and oxygen atoms in total. The third-order valence-electron chi connectivity index (χ3n) is 7.12. The Hall–Kier alpha value is -3.86. The summed E-state index contributed by atoms with van der Waals surface area (Å²) < 4.78 is 7.54. The van der Waals surface area contributed by atoms with Crippen LogP contribution in [0.3, 0.4) is 0 Å². The van der Waals surface area contributed by atoms with Crippen LogP contribution >= 0.6 is 11.3 Å². The fraction of sp³-hybridized carbons (Fsp3) is 0.333. The van der Waals surface area contributed by atoms with E-state index in [-0.39, 0.29) is 36.5 Å². The third-order valence-corrected chi connectivity index (χ3v) is 8.16. The molecule has 40 heavy (non-hydrogen) atoms. The van der Waals surface area contributed by atoms with Crippen molar-refractivity contribution in [2.75, 3.05) is 32.1 Å². The zero-order valence-electron chi connectivity index (χ0n) is 22.8. The summed E-state index contributed by atoms with van der Waals surface area (Å²) in [6.45, 7) is 5.43. The van der Waals surface area contributed by atoms with Crippen molar-refractivity contribution in [1.82, 2.24) is 19.8 Å². The molecular weight excluding hydrogens is 526 g/mol. The minimum absolute atomic E-state index is 0.0565. The molecule has 0 bridgehead atoms. The average Bonchev–Trinajstić information content (AvgIpc) is 3.40. The number of ether oxygens (including phenoxy) is 1. The molecule has 0 radical (unpaired) electrons. The van der Waals surface area contributed by atoms with Crippen LogP contribution in [0.25, 0.3) is 10.2 Å². The highest BCUT2D eigenvalue weighted by Gasteiger charge is 2.34. The number of amides is 2. The first kappa shape index (κ1) is 27.7. The molecule has 3 heterocycles. The minimum Gasteiger partial charge on any atom is -0.486 e. The quantitative estimate of drug-likeness (QED) is 0.332. The van der Waals surface area contributed by atoms with Crippen LogP contribution in [0.5, 0.6) is 5.75 Å². The summed E-state index contributed by atoms with van der Waals surface area (Å²) in [6.07, 6.45) is 3.25. The van der Waals surface area contributed by atoms with Crippen molar-refractivity contribution >= 4 is 39.1 Å². The van der Waals surface area contributed by atoms with Gasteiger partial charge in [0.15, 0.2) is 10.8 Å².